The van der Waals surface area contributed by atoms with Crippen LogP contribution in [-0.2, 0) is 13.0 Å². The zero-order valence-corrected chi connectivity index (χ0v) is 9.40. The van der Waals surface area contributed by atoms with Crippen LogP contribution in [0.1, 0.15) is 16.8 Å². The summed E-state index contributed by atoms with van der Waals surface area (Å²) >= 11 is 0. The van der Waals surface area contributed by atoms with E-state index in [1.807, 2.05) is 10.9 Å². The van der Waals surface area contributed by atoms with Crippen molar-refractivity contribution in [1.29, 1.82) is 0 Å². The minimum absolute atomic E-state index is 0.920. The lowest BCUT2D eigenvalue weighted by atomic mass is 10.1. The van der Waals surface area contributed by atoms with Crippen molar-refractivity contribution >= 4 is 0 Å². The number of aryl methyl sites for hydroxylation is 1. The van der Waals surface area contributed by atoms with E-state index in [2.05, 4.69) is 41.6 Å². The highest BCUT2D eigenvalue weighted by Gasteiger charge is 2.14. The van der Waals surface area contributed by atoms with E-state index in [9.17, 15) is 0 Å². The van der Waals surface area contributed by atoms with Crippen molar-refractivity contribution in [2.24, 2.45) is 0 Å². The Kier molecular flexibility index (Phi) is 2.26. The third-order valence-electron chi connectivity index (χ3n) is 3.10. The van der Waals surface area contributed by atoms with Crippen molar-refractivity contribution < 1.29 is 0 Å². The molecule has 0 unspecified atom stereocenters. The van der Waals surface area contributed by atoms with E-state index in [0.29, 0.717) is 0 Å². The first kappa shape index (κ1) is 9.60. The largest absolute Gasteiger partial charge is 0.311 e. The van der Waals surface area contributed by atoms with Gasteiger partial charge < -0.3 is 5.32 Å². The molecule has 0 atom stereocenters. The summed E-state index contributed by atoms with van der Waals surface area (Å²) in [6.07, 6.45) is 3.08. The molecule has 16 heavy (non-hydrogen) atoms. The molecular weight excluding hydrogens is 198 g/mol. The number of benzene rings is 1. The van der Waals surface area contributed by atoms with Gasteiger partial charge in [0.05, 0.1) is 17.6 Å². The fourth-order valence-corrected chi connectivity index (χ4v) is 2.14. The first-order valence-electron chi connectivity index (χ1n) is 5.68. The molecule has 0 saturated heterocycles. The molecule has 0 bridgehead atoms. The number of nitrogens with zero attached hydrogens (tertiary/aromatic N) is 2. The SMILES string of the molecule is Cc1ccc(-n2ncc3c2CNCC3)cc1. The zero-order valence-electron chi connectivity index (χ0n) is 9.40. The maximum atomic E-state index is 4.47. The van der Waals surface area contributed by atoms with Crippen LogP contribution >= 0.6 is 0 Å². The van der Waals surface area contributed by atoms with Crippen LogP contribution in [-0.4, -0.2) is 16.3 Å². The van der Waals surface area contributed by atoms with Crippen LogP contribution in [0.4, 0.5) is 0 Å². The van der Waals surface area contributed by atoms with E-state index in [0.717, 1.165) is 25.2 Å². The number of nitrogens with one attached hydrogen (secondary N) is 1. The van der Waals surface area contributed by atoms with Gasteiger partial charge in [0.15, 0.2) is 0 Å². The quantitative estimate of drug-likeness (QED) is 0.783. The van der Waals surface area contributed by atoms with Gasteiger partial charge in [0.1, 0.15) is 0 Å². The Hall–Kier alpha value is -1.61. The predicted molar refractivity (Wildman–Crippen MR) is 63.7 cm³/mol. The van der Waals surface area contributed by atoms with Crippen molar-refractivity contribution in [3.63, 3.8) is 0 Å². The highest BCUT2D eigenvalue weighted by atomic mass is 15.3. The summed E-state index contributed by atoms with van der Waals surface area (Å²) in [6.45, 7) is 4.08. The molecule has 0 spiro atoms. The van der Waals surface area contributed by atoms with Gasteiger partial charge in [-0.25, -0.2) is 4.68 Å². The Morgan fingerprint density at radius 3 is 2.88 bits per heavy atom. The molecule has 0 aliphatic carbocycles. The molecule has 2 heterocycles. The van der Waals surface area contributed by atoms with Gasteiger partial charge in [0, 0.05) is 6.54 Å². The van der Waals surface area contributed by atoms with E-state index < -0.39 is 0 Å². The van der Waals surface area contributed by atoms with Crippen molar-refractivity contribution in [2.75, 3.05) is 6.54 Å². The molecule has 0 saturated carbocycles. The summed E-state index contributed by atoms with van der Waals surface area (Å²) in [6, 6.07) is 8.49. The Balaban J connectivity index is 2.06. The summed E-state index contributed by atoms with van der Waals surface area (Å²) in [5.41, 5.74) is 5.10. The third kappa shape index (κ3) is 1.53. The Morgan fingerprint density at radius 2 is 2.06 bits per heavy atom. The standard InChI is InChI=1S/C13H15N3/c1-10-2-4-12(5-3-10)16-13-9-14-7-6-11(13)8-15-16/h2-5,8,14H,6-7,9H2,1H3. The second-order valence-electron chi connectivity index (χ2n) is 4.29. The molecule has 1 aliphatic heterocycles. The zero-order chi connectivity index (χ0) is 11.0. The molecule has 2 aromatic rings. The average molecular weight is 213 g/mol. The fraction of sp³-hybridized carbons (Fsp3) is 0.308. The molecule has 3 rings (SSSR count). The minimum atomic E-state index is 0.920. The summed E-state index contributed by atoms with van der Waals surface area (Å²) in [5, 5.41) is 7.86. The van der Waals surface area contributed by atoms with Crippen LogP contribution in [0.5, 0.6) is 0 Å². The monoisotopic (exact) mass is 213 g/mol. The molecule has 3 heteroatoms. The summed E-state index contributed by atoms with van der Waals surface area (Å²) < 4.78 is 2.04. The fourth-order valence-electron chi connectivity index (χ4n) is 2.14. The normalized spacial score (nSPS) is 14.8. The first-order valence-corrected chi connectivity index (χ1v) is 5.68. The van der Waals surface area contributed by atoms with E-state index in [1.165, 1.54) is 16.8 Å². The van der Waals surface area contributed by atoms with Gasteiger partial charge in [-0.2, -0.15) is 5.10 Å². The maximum absolute atomic E-state index is 4.47. The lowest BCUT2D eigenvalue weighted by molar-refractivity contribution is 0.614. The summed E-state index contributed by atoms with van der Waals surface area (Å²) in [4.78, 5) is 0. The van der Waals surface area contributed by atoms with E-state index in [1.54, 1.807) is 0 Å². The molecule has 1 aromatic carbocycles. The lowest BCUT2D eigenvalue weighted by Crippen LogP contribution is -2.24. The van der Waals surface area contributed by atoms with Crippen LogP contribution in [0.25, 0.3) is 5.69 Å². The topological polar surface area (TPSA) is 29.9 Å². The van der Waals surface area contributed by atoms with Crippen LogP contribution in [0.2, 0.25) is 0 Å². The van der Waals surface area contributed by atoms with Gasteiger partial charge in [0.25, 0.3) is 0 Å². The van der Waals surface area contributed by atoms with E-state index in [4.69, 9.17) is 0 Å². The molecule has 82 valence electrons. The highest BCUT2D eigenvalue weighted by Crippen LogP contribution is 2.18. The van der Waals surface area contributed by atoms with Gasteiger partial charge in [0.2, 0.25) is 0 Å². The Bertz CT molecular complexity index is 496. The first-order chi connectivity index (χ1) is 7.84. The summed E-state index contributed by atoms with van der Waals surface area (Å²) in [5.74, 6) is 0. The van der Waals surface area contributed by atoms with Gasteiger partial charge >= 0.3 is 0 Å². The number of rotatable bonds is 1. The molecule has 0 fully saturated rings. The predicted octanol–water partition coefficient (Wildman–Crippen LogP) is 1.83. The van der Waals surface area contributed by atoms with Gasteiger partial charge in [-0.05, 0) is 37.6 Å². The molecule has 0 amide bonds. The van der Waals surface area contributed by atoms with Crippen molar-refractivity contribution in [2.45, 2.75) is 19.9 Å². The van der Waals surface area contributed by atoms with Gasteiger partial charge in [-0.3, -0.25) is 0 Å². The number of hydrogen-bond acceptors (Lipinski definition) is 2. The van der Waals surface area contributed by atoms with Crippen LogP contribution < -0.4 is 5.32 Å². The van der Waals surface area contributed by atoms with Gasteiger partial charge in [-0.1, -0.05) is 17.7 Å². The molecule has 0 radical (unpaired) electrons. The van der Waals surface area contributed by atoms with Crippen molar-refractivity contribution in [1.82, 2.24) is 15.1 Å². The second-order valence-corrected chi connectivity index (χ2v) is 4.29. The van der Waals surface area contributed by atoms with E-state index >= 15 is 0 Å². The summed E-state index contributed by atoms with van der Waals surface area (Å²) in [7, 11) is 0. The van der Waals surface area contributed by atoms with E-state index in [-0.39, 0.29) is 0 Å². The molecule has 1 aliphatic rings. The molecule has 3 nitrogen and oxygen atoms in total. The van der Waals surface area contributed by atoms with Crippen LogP contribution in [0, 0.1) is 6.92 Å². The molecule has 1 aromatic heterocycles. The van der Waals surface area contributed by atoms with Crippen LogP contribution in [0.15, 0.2) is 30.5 Å². The second kappa shape index (κ2) is 3.76. The third-order valence-corrected chi connectivity index (χ3v) is 3.10. The highest BCUT2D eigenvalue weighted by molar-refractivity contribution is 5.37. The lowest BCUT2D eigenvalue weighted by Gasteiger charge is -2.15. The number of aromatic nitrogens is 2. The van der Waals surface area contributed by atoms with Crippen LogP contribution in [0.3, 0.4) is 0 Å². The Morgan fingerprint density at radius 1 is 1.25 bits per heavy atom. The molecule has 1 N–H and O–H groups in total. The number of hydrogen-bond donors (Lipinski definition) is 1. The minimum Gasteiger partial charge on any atom is -0.311 e. The van der Waals surface area contributed by atoms with Gasteiger partial charge in [-0.15, -0.1) is 0 Å². The number of fused-ring (bicyclic) bond motifs is 1. The Labute approximate surface area is 95.1 Å². The maximum Gasteiger partial charge on any atom is 0.0649 e. The van der Waals surface area contributed by atoms with Crippen molar-refractivity contribution in [3.8, 4) is 5.69 Å². The van der Waals surface area contributed by atoms with Crippen molar-refractivity contribution in [3.05, 3.63) is 47.3 Å². The molecular formula is C13H15N3. The average Bonchev–Trinajstić information content (AvgIpc) is 2.74. The smallest absolute Gasteiger partial charge is 0.0649 e.